The van der Waals surface area contributed by atoms with Crippen molar-refractivity contribution in [3.8, 4) is 0 Å². The number of ether oxygens (including phenoxy) is 2. The predicted molar refractivity (Wildman–Crippen MR) is 126 cm³/mol. The van der Waals surface area contributed by atoms with Crippen molar-refractivity contribution in [2.45, 2.75) is 51.3 Å². The summed E-state index contributed by atoms with van der Waals surface area (Å²) >= 11 is 0. The van der Waals surface area contributed by atoms with Crippen LogP contribution in [0.5, 0.6) is 0 Å². The summed E-state index contributed by atoms with van der Waals surface area (Å²) in [5, 5.41) is 4.34. The smallest absolute Gasteiger partial charge is 0.350 e. The van der Waals surface area contributed by atoms with Gasteiger partial charge in [0.25, 0.3) is 0 Å². The molecule has 0 bridgehead atoms. The fraction of sp³-hybridized carbons (Fsp3) is 0.480. The number of rotatable bonds is 8. The van der Waals surface area contributed by atoms with E-state index in [0.717, 1.165) is 18.5 Å². The van der Waals surface area contributed by atoms with Gasteiger partial charge in [-0.1, -0.05) is 24.8 Å². The number of hydrogen-bond acceptors (Lipinski definition) is 6. The molecule has 1 aliphatic heterocycles. The fourth-order valence-corrected chi connectivity index (χ4v) is 4.65. The fourth-order valence-electron chi connectivity index (χ4n) is 4.65. The van der Waals surface area contributed by atoms with E-state index >= 15 is 0 Å². The zero-order valence-electron chi connectivity index (χ0n) is 19.7. The van der Waals surface area contributed by atoms with E-state index in [0.29, 0.717) is 30.6 Å². The highest BCUT2D eigenvalue weighted by atomic mass is 19.1. The molecule has 0 saturated carbocycles. The van der Waals surface area contributed by atoms with Crippen molar-refractivity contribution in [2.75, 3.05) is 20.3 Å². The number of halogens is 1. The molecular formula is C25H31FN4O4. The molecule has 2 aromatic rings. The van der Waals surface area contributed by atoms with Crippen LogP contribution in [0, 0.1) is 5.92 Å². The number of piperidine rings is 1. The van der Waals surface area contributed by atoms with Crippen LogP contribution in [0.15, 0.2) is 65.0 Å². The normalized spacial score (nSPS) is 21.9. The van der Waals surface area contributed by atoms with E-state index in [2.05, 4.69) is 16.6 Å². The summed E-state index contributed by atoms with van der Waals surface area (Å²) in [6.45, 7) is 6.95. The van der Waals surface area contributed by atoms with Crippen LogP contribution in [0.1, 0.15) is 32.6 Å². The lowest BCUT2D eigenvalue weighted by molar-refractivity contribution is -0.147. The van der Waals surface area contributed by atoms with Gasteiger partial charge < -0.3 is 14.4 Å². The maximum atomic E-state index is 14.0. The number of allylic oxidation sites excluding steroid dienone is 2. The van der Waals surface area contributed by atoms with E-state index in [1.807, 2.05) is 13.0 Å². The molecule has 8 nitrogen and oxygen atoms in total. The maximum absolute atomic E-state index is 14.0. The highest BCUT2D eigenvalue weighted by molar-refractivity contribution is 5.72. The number of likely N-dealkylation sites (tertiary alicyclic amines) is 1. The Morgan fingerprint density at radius 3 is 2.88 bits per heavy atom. The van der Waals surface area contributed by atoms with Crippen molar-refractivity contribution in [3.63, 3.8) is 0 Å². The first-order valence-electron chi connectivity index (χ1n) is 11.6. The molecule has 1 fully saturated rings. The van der Waals surface area contributed by atoms with Gasteiger partial charge in [0.1, 0.15) is 5.83 Å². The minimum Gasteiger partial charge on any atom is -0.469 e. The van der Waals surface area contributed by atoms with Crippen LogP contribution in [0.3, 0.4) is 0 Å². The van der Waals surface area contributed by atoms with E-state index in [1.165, 1.54) is 16.2 Å². The van der Waals surface area contributed by atoms with Gasteiger partial charge in [0.2, 0.25) is 0 Å². The third-order valence-corrected chi connectivity index (χ3v) is 6.51. The lowest BCUT2D eigenvalue weighted by atomic mass is 9.96. The molecule has 2 aromatic heterocycles. The van der Waals surface area contributed by atoms with Crippen molar-refractivity contribution in [1.82, 2.24) is 19.1 Å². The number of hydrogen-bond donors (Lipinski definition) is 0. The van der Waals surface area contributed by atoms with Crippen LogP contribution in [0.25, 0.3) is 5.65 Å². The molecule has 3 unspecified atom stereocenters. The van der Waals surface area contributed by atoms with Crippen molar-refractivity contribution in [1.29, 1.82) is 0 Å². The van der Waals surface area contributed by atoms with Crippen molar-refractivity contribution in [3.05, 3.63) is 70.7 Å². The molecule has 34 heavy (non-hydrogen) atoms. The largest absolute Gasteiger partial charge is 0.469 e. The molecule has 2 aliphatic rings. The Labute approximate surface area is 197 Å². The van der Waals surface area contributed by atoms with Gasteiger partial charge in [-0.05, 0) is 31.9 Å². The second-order valence-electron chi connectivity index (χ2n) is 8.93. The Bertz CT molecular complexity index is 1180. The lowest BCUT2D eigenvalue weighted by Crippen LogP contribution is -2.46. The Morgan fingerprint density at radius 1 is 1.35 bits per heavy atom. The summed E-state index contributed by atoms with van der Waals surface area (Å²) in [4.78, 5) is 27.4. The van der Waals surface area contributed by atoms with Crippen molar-refractivity contribution in [2.24, 2.45) is 5.92 Å². The highest BCUT2D eigenvalue weighted by Gasteiger charge is 2.33. The molecule has 182 valence electrons. The Hall–Kier alpha value is -3.20. The summed E-state index contributed by atoms with van der Waals surface area (Å²) in [5.41, 5.74) is 1.66. The van der Waals surface area contributed by atoms with Crippen LogP contribution < -0.4 is 5.69 Å². The molecule has 3 atom stereocenters. The second kappa shape index (κ2) is 10.4. The number of fused-ring (bicyclic) bond motifs is 1. The average Bonchev–Trinajstić information content (AvgIpc) is 3.14. The third kappa shape index (κ3) is 5.14. The van der Waals surface area contributed by atoms with Gasteiger partial charge in [0.15, 0.2) is 5.65 Å². The van der Waals surface area contributed by atoms with Gasteiger partial charge in [-0.2, -0.15) is 0 Å². The second-order valence-corrected chi connectivity index (χ2v) is 8.93. The molecule has 0 aromatic carbocycles. The first-order chi connectivity index (χ1) is 16.4. The van der Waals surface area contributed by atoms with Gasteiger partial charge in [0, 0.05) is 42.9 Å². The van der Waals surface area contributed by atoms with Gasteiger partial charge in [-0.3, -0.25) is 9.20 Å². The monoisotopic (exact) mass is 470 g/mol. The summed E-state index contributed by atoms with van der Waals surface area (Å²) in [6, 6.07) is 5.35. The van der Waals surface area contributed by atoms with Crippen LogP contribution in [-0.2, 0) is 20.8 Å². The Morgan fingerprint density at radius 2 is 2.18 bits per heavy atom. The quantitative estimate of drug-likeness (QED) is 0.552. The van der Waals surface area contributed by atoms with Crippen LogP contribution >= 0.6 is 0 Å². The zero-order valence-corrected chi connectivity index (χ0v) is 19.7. The minimum atomic E-state index is -0.601. The molecule has 1 saturated heterocycles. The van der Waals surface area contributed by atoms with E-state index < -0.39 is 11.9 Å². The van der Waals surface area contributed by atoms with Gasteiger partial charge in [-0.25, -0.2) is 13.9 Å². The Balaban J connectivity index is 1.42. The third-order valence-electron chi connectivity index (χ3n) is 6.51. The Kier molecular flexibility index (Phi) is 7.31. The number of pyridine rings is 1. The van der Waals surface area contributed by atoms with Crippen molar-refractivity contribution < 1.29 is 18.7 Å². The van der Waals surface area contributed by atoms with E-state index in [1.54, 1.807) is 30.5 Å². The molecule has 0 amide bonds. The standard InChI is InChI=1S/C25H31FN4O4/c1-17-12-21(34-16-19-8-4-5-9-22(19)26)13-18(2)29(17)14-20(24(31)33-3)15-30-25(32)28-11-7-6-10-23(28)27-30/h4,6-8,10-11,18,20-21H,1,5,9,12-16H2,2-3H3. The van der Waals surface area contributed by atoms with Crippen LogP contribution in [0.2, 0.25) is 0 Å². The number of carbonyl (C=O) groups excluding carboxylic acids is 1. The molecule has 0 radical (unpaired) electrons. The predicted octanol–water partition coefficient (Wildman–Crippen LogP) is 3.24. The molecule has 1 aliphatic carbocycles. The van der Waals surface area contributed by atoms with E-state index in [-0.39, 0.29) is 36.8 Å². The molecule has 0 N–H and O–H groups in total. The van der Waals surface area contributed by atoms with Gasteiger partial charge in [-0.15, -0.1) is 5.10 Å². The number of esters is 1. The highest BCUT2D eigenvalue weighted by Crippen LogP contribution is 2.29. The SMILES string of the molecule is C=C1CC(OCC2=C(F)CCC=C2)CC(C)N1CC(Cn1nc2ccccn2c1=O)C(=O)OC. The van der Waals surface area contributed by atoms with Gasteiger partial charge in [0.05, 0.1) is 32.3 Å². The lowest BCUT2D eigenvalue weighted by Gasteiger charge is -2.42. The summed E-state index contributed by atoms with van der Waals surface area (Å²) in [5.74, 6) is -1.11. The number of methoxy groups -OCH3 is 1. The molecular weight excluding hydrogens is 439 g/mol. The first-order valence-corrected chi connectivity index (χ1v) is 11.6. The summed E-state index contributed by atoms with van der Waals surface area (Å²) in [6.07, 6.45) is 7.80. The molecule has 9 heteroatoms. The van der Waals surface area contributed by atoms with E-state index in [9.17, 15) is 14.0 Å². The van der Waals surface area contributed by atoms with Crippen molar-refractivity contribution >= 4 is 11.6 Å². The molecule has 0 spiro atoms. The number of aromatic nitrogens is 3. The molecule has 4 rings (SSSR count). The van der Waals surface area contributed by atoms with Gasteiger partial charge >= 0.3 is 11.7 Å². The van der Waals surface area contributed by atoms with Crippen LogP contribution in [-0.4, -0.2) is 57.5 Å². The topological polar surface area (TPSA) is 78.1 Å². The number of nitrogens with zero attached hydrogens (tertiary/aromatic N) is 4. The zero-order chi connectivity index (χ0) is 24.2. The summed E-state index contributed by atoms with van der Waals surface area (Å²) in [7, 11) is 1.34. The first kappa shape index (κ1) is 23.9. The van der Waals surface area contributed by atoms with E-state index in [4.69, 9.17) is 9.47 Å². The van der Waals surface area contributed by atoms with Crippen LogP contribution in [0.4, 0.5) is 4.39 Å². The minimum absolute atomic E-state index is 0.0527. The number of carbonyl (C=O) groups is 1. The maximum Gasteiger partial charge on any atom is 0.350 e. The molecule has 3 heterocycles. The average molecular weight is 471 g/mol. The summed E-state index contributed by atoms with van der Waals surface area (Å²) < 4.78 is 27.8.